The van der Waals surface area contributed by atoms with E-state index in [2.05, 4.69) is 23.2 Å². The standard InChI is InChI=1S/C17H22F2N2O/c1-2-21-10-13-4-3-5-15(14(13)11-21)20-16(22)12-6-8-17(18,19)9-7-12/h3-5,12H,2,6-11H2,1H3,(H,20,22). The summed E-state index contributed by atoms with van der Waals surface area (Å²) in [5.74, 6) is -3.00. The Morgan fingerprint density at radius 2 is 2.05 bits per heavy atom. The van der Waals surface area contributed by atoms with Crippen molar-refractivity contribution in [3.05, 3.63) is 29.3 Å². The highest BCUT2D eigenvalue weighted by atomic mass is 19.3. The molecule has 2 aliphatic rings. The Morgan fingerprint density at radius 1 is 1.32 bits per heavy atom. The molecule has 1 fully saturated rings. The first-order valence-corrected chi connectivity index (χ1v) is 8.00. The number of carbonyl (C=O) groups excluding carboxylic acids is 1. The fourth-order valence-corrected chi connectivity index (χ4v) is 3.37. The van der Waals surface area contributed by atoms with Gasteiger partial charge in [0.05, 0.1) is 0 Å². The lowest BCUT2D eigenvalue weighted by atomic mass is 9.86. The van der Waals surface area contributed by atoms with Gasteiger partial charge in [-0.2, -0.15) is 0 Å². The van der Waals surface area contributed by atoms with E-state index in [0.717, 1.165) is 25.3 Å². The number of rotatable bonds is 3. The fourth-order valence-electron chi connectivity index (χ4n) is 3.37. The normalized spacial score (nSPS) is 21.6. The summed E-state index contributed by atoms with van der Waals surface area (Å²) in [6.45, 7) is 4.84. The molecule has 1 heterocycles. The van der Waals surface area contributed by atoms with Crippen molar-refractivity contribution in [2.75, 3.05) is 11.9 Å². The number of benzene rings is 1. The molecule has 3 nitrogen and oxygen atoms in total. The van der Waals surface area contributed by atoms with E-state index in [1.54, 1.807) is 0 Å². The van der Waals surface area contributed by atoms with Crippen LogP contribution in [0.15, 0.2) is 18.2 Å². The van der Waals surface area contributed by atoms with Gasteiger partial charge in [-0.15, -0.1) is 0 Å². The van der Waals surface area contributed by atoms with Crippen LogP contribution in [0.2, 0.25) is 0 Å². The molecule has 1 aliphatic carbocycles. The third-order valence-electron chi connectivity index (χ3n) is 4.84. The number of alkyl halides is 2. The van der Waals surface area contributed by atoms with Crippen LogP contribution in [0.4, 0.5) is 14.5 Å². The van der Waals surface area contributed by atoms with Crippen LogP contribution >= 0.6 is 0 Å². The largest absolute Gasteiger partial charge is 0.326 e. The van der Waals surface area contributed by atoms with Crippen molar-refractivity contribution in [3.8, 4) is 0 Å². The van der Waals surface area contributed by atoms with Crippen molar-refractivity contribution in [3.63, 3.8) is 0 Å². The predicted molar refractivity (Wildman–Crippen MR) is 81.8 cm³/mol. The molecule has 3 rings (SSSR count). The molecule has 1 aromatic carbocycles. The Hall–Kier alpha value is -1.49. The van der Waals surface area contributed by atoms with E-state index in [4.69, 9.17) is 0 Å². The van der Waals surface area contributed by atoms with Gasteiger partial charge in [0.25, 0.3) is 0 Å². The van der Waals surface area contributed by atoms with Crippen LogP contribution in [0, 0.1) is 5.92 Å². The minimum absolute atomic E-state index is 0.112. The predicted octanol–water partition coefficient (Wildman–Crippen LogP) is 3.79. The highest BCUT2D eigenvalue weighted by Crippen LogP contribution is 2.37. The second-order valence-corrected chi connectivity index (χ2v) is 6.37. The van der Waals surface area contributed by atoms with Crippen LogP contribution in [0.3, 0.4) is 0 Å². The molecule has 5 heteroatoms. The van der Waals surface area contributed by atoms with Gasteiger partial charge in [-0.05, 0) is 36.6 Å². The maximum Gasteiger partial charge on any atom is 0.248 e. The lowest BCUT2D eigenvalue weighted by molar-refractivity contribution is -0.124. The molecule has 1 N–H and O–H groups in total. The van der Waals surface area contributed by atoms with Gasteiger partial charge in [0.2, 0.25) is 11.8 Å². The van der Waals surface area contributed by atoms with Crippen molar-refractivity contribution in [1.29, 1.82) is 0 Å². The van der Waals surface area contributed by atoms with Gasteiger partial charge in [0.15, 0.2) is 0 Å². The molecule has 1 amide bonds. The molecule has 0 spiro atoms. The Morgan fingerprint density at radius 3 is 2.73 bits per heavy atom. The molecule has 1 saturated carbocycles. The molecule has 120 valence electrons. The number of hydrogen-bond acceptors (Lipinski definition) is 2. The molecule has 1 aromatic rings. The van der Waals surface area contributed by atoms with E-state index in [1.807, 2.05) is 12.1 Å². The first-order chi connectivity index (χ1) is 10.5. The van der Waals surface area contributed by atoms with Gasteiger partial charge in [0.1, 0.15) is 0 Å². The third kappa shape index (κ3) is 3.14. The third-order valence-corrected chi connectivity index (χ3v) is 4.84. The zero-order valence-corrected chi connectivity index (χ0v) is 12.9. The second-order valence-electron chi connectivity index (χ2n) is 6.37. The summed E-state index contributed by atoms with van der Waals surface area (Å²) in [6, 6.07) is 5.94. The summed E-state index contributed by atoms with van der Waals surface area (Å²) in [5, 5.41) is 2.97. The van der Waals surface area contributed by atoms with Crippen molar-refractivity contribution in [1.82, 2.24) is 4.90 Å². The van der Waals surface area contributed by atoms with Crippen molar-refractivity contribution in [2.24, 2.45) is 5.92 Å². The zero-order chi connectivity index (χ0) is 15.7. The van der Waals surface area contributed by atoms with Crippen molar-refractivity contribution in [2.45, 2.75) is 51.6 Å². The van der Waals surface area contributed by atoms with Gasteiger partial charge in [-0.1, -0.05) is 19.1 Å². The summed E-state index contributed by atoms with van der Waals surface area (Å²) in [4.78, 5) is 14.7. The zero-order valence-electron chi connectivity index (χ0n) is 12.9. The summed E-state index contributed by atoms with van der Waals surface area (Å²) in [5.41, 5.74) is 3.25. The minimum atomic E-state index is -2.59. The van der Waals surface area contributed by atoms with Crippen molar-refractivity contribution < 1.29 is 13.6 Å². The molecule has 22 heavy (non-hydrogen) atoms. The highest BCUT2D eigenvalue weighted by Gasteiger charge is 2.37. The van der Waals surface area contributed by atoms with Crippen LogP contribution in [0.1, 0.15) is 43.7 Å². The number of nitrogens with one attached hydrogen (secondary N) is 1. The molecule has 0 unspecified atom stereocenters. The van der Waals surface area contributed by atoms with Crippen LogP contribution < -0.4 is 5.32 Å². The number of anilines is 1. The first kappa shape index (κ1) is 15.4. The number of nitrogens with zero attached hydrogens (tertiary/aromatic N) is 1. The van der Waals surface area contributed by atoms with E-state index >= 15 is 0 Å². The topological polar surface area (TPSA) is 32.3 Å². The molecule has 0 radical (unpaired) electrons. The van der Waals surface area contributed by atoms with Crippen molar-refractivity contribution >= 4 is 11.6 Å². The molecule has 0 saturated heterocycles. The van der Waals surface area contributed by atoms with Gasteiger partial charge in [0, 0.05) is 37.5 Å². The lowest BCUT2D eigenvalue weighted by Crippen LogP contribution is -2.32. The monoisotopic (exact) mass is 308 g/mol. The number of halogens is 2. The number of fused-ring (bicyclic) bond motifs is 1. The molecule has 1 aliphatic heterocycles. The van der Waals surface area contributed by atoms with Gasteiger partial charge < -0.3 is 5.32 Å². The molecule has 0 bridgehead atoms. The summed E-state index contributed by atoms with van der Waals surface area (Å²) < 4.78 is 26.4. The summed E-state index contributed by atoms with van der Waals surface area (Å²) >= 11 is 0. The van der Waals surface area contributed by atoms with Crippen LogP contribution in [-0.4, -0.2) is 23.3 Å². The van der Waals surface area contributed by atoms with Gasteiger partial charge >= 0.3 is 0 Å². The second kappa shape index (κ2) is 5.95. The van der Waals surface area contributed by atoms with Crippen LogP contribution in [0.25, 0.3) is 0 Å². The van der Waals surface area contributed by atoms with Crippen LogP contribution in [0.5, 0.6) is 0 Å². The maximum atomic E-state index is 13.2. The van der Waals surface area contributed by atoms with E-state index in [0.29, 0.717) is 0 Å². The fraction of sp³-hybridized carbons (Fsp3) is 0.588. The Bertz CT molecular complexity index is 564. The van der Waals surface area contributed by atoms with E-state index in [-0.39, 0.29) is 37.5 Å². The Kier molecular flexibility index (Phi) is 4.17. The molecular formula is C17H22F2N2O. The Balaban J connectivity index is 1.67. The first-order valence-electron chi connectivity index (χ1n) is 8.00. The van der Waals surface area contributed by atoms with E-state index < -0.39 is 5.92 Å². The smallest absolute Gasteiger partial charge is 0.248 e. The number of amides is 1. The molecular weight excluding hydrogens is 286 g/mol. The van der Waals surface area contributed by atoms with E-state index in [1.165, 1.54) is 11.1 Å². The highest BCUT2D eigenvalue weighted by molar-refractivity contribution is 5.93. The lowest BCUT2D eigenvalue weighted by Gasteiger charge is -2.27. The number of carbonyl (C=O) groups is 1. The quantitative estimate of drug-likeness (QED) is 0.921. The Labute approximate surface area is 129 Å². The average molecular weight is 308 g/mol. The minimum Gasteiger partial charge on any atom is -0.326 e. The van der Waals surface area contributed by atoms with E-state index in [9.17, 15) is 13.6 Å². The average Bonchev–Trinajstić information content (AvgIpc) is 2.91. The maximum absolute atomic E-state index is 13.2. The van der Waals surface area contributed by atoms with Gasteiger partial charge in [-0.25, -0.2) is 8.78 Å². The number of hydrogen-bond donors (Lipinski definition) is 1. The molecule has 0 aromatic heterocycles. The molecule has 0 atom stereocenters. The van der Waals surface area contributed by atoms with Crippen LogP contribution in [-0.2, 0) is 17.9 Å². The summed E-state index contributed by atoms with van der Waals surface area (Å²) in [6.07, 6.45) is 0.188. The summed E-state index contributed by atoms with van der Waals surface area (Å²) in [7, 11) is 0. The SMILES string of the molecule is CCN1Cc2cccc(NC(=O)C3CCC(F)(F)CC3)c2C1. The van der Waals surface area contributed by atoms with Gasteiger partial charge in [-0.3, -0.25) is 9.69 Å².